The van der Waals surface area contributed by atoms with Crippen molar-refractivity contribution < 1.29 is 0 Å². The fourth-order valence-corrected chi connectivity index (χ4v) is 2.63. The van der Waals surface area contributed by atoms with Crippen LogP contribution in [0.1, 0.15) is 5.69 Å². The molecule has 3 aromatic rings. The van der Waals surface area contributed by atoms with Gasteiger partial charge in [-0.1, -0.05) is 0 Å². The quantitative estimate of drug-likeness (QED) is 0.779. The Kier molecular flexibility index (Phi) is 2.93. The number of rotatable bonds is 4. The molecule has 0 bridgehead atoms. The van der Waals surface area contributed by atoms with Crippen molar-refractivity contribution in [1.82, 2.24) is 19.7 Å². The molecule has 0 spiro atoms. The Bertz CT molecular complexity index is 657. The van der Waals surface area contributed by atoms with Crippen molar-refractivity contribution in [2.24, 2.45) is 7.05 Å². The summed E-state index contributed by atoms with van der Waals surface area (Å²) in [6.45, 7) is 0.820. The molecule has 0 aliphatic carbocycles. The van der Waals surface area contributed by atoms with Crippen LogP contribution in [0.2, 0.25) is 0 Å². The van der Waals surface area contributed by atoms with E-state index in [0.29, 0.717) is 0 Å². The van der Waals surface area contributed by atoms with Gasteiger partial charge in [-0.25, -0.2) is 9.97 Å². The summed E-state index contributed by atoms with van der Waals surface area (Å²) in [5, 5.41) is 9.71. The largest absolute Gasteiger partial charge is 0.368 e. The second kappa shape index (κ2) is 4.73. The molecule has 92 valence electrons. The van der Waals surface area contributed by atoms with Crippen LogP contribution in [0.5, 0.6) is 0 Å². The van der Waals surface area contributed by atoms with Crippen LogP contribution in [0.15, 0.2) is 30.0 Å². The first-order valence-corrected chi connectivity index (χ1v) is 6.61. The number of fused-ring (bicyclic) bond motifs is 1. The zero-order valence-corrected chi connectivity index (χ0v) is 10.8. The maximum Gasteiger partial charge on any atom is 0.147 e. The number of nitrogens with zero attached hydrogens (tertiary/aromatic N) is 4. The van der Waals surface area contributed by atoms with E-state index in [1.54, 1.807) is 17.7 Å². The van der Waals surface area contributed by atoms with Crippen LogP contribution in [0, 0.1) is 0 Å². The van der Waals surface area contributed by atoms with Gasteiger partial charge >= 0.3 is 0 Å². The molecule has 3 rings (SSSR count). The highest BCUT2D eigenvalue weighted by Gasteiger charge is 2.04. The second-order valence-corrected chi connectivity index (χ2v) is 4.93. The first-order chi connectivity index (χ1) is 8.83. The third-order valence-corrected chi connectivity index (χ3v) is 3.60. The van der Waals surface area contributed by atoms with Crippen LogP contribution in [-0.4, -0.2) is 26.3 Å². The molecule has 0 unspecified atom stereocenters. The van der Waals surface area contributed by atoms with Crippen molar-refractivity contribution in [3.63, 3.8) is 0 Å². The van der Waals surface area contributed by atoms with E-state index in [1.165, 1.54) is 0 Å². The fourth-order valence-electron chi connectivity index (χ4n) is 1.82. The van der Waals surface area contributed by atoms with E-state index in [4.69, 9.17) is 0 Å². The number of aromatic nitrogens is 4. The highest BCUT2D eigenvalue weighted by atomic mass is 32.1. The monoisotopic (exact) mass is 259 g/mol. The fraction of sp³-hybridized carbons (Fsp3) is 0.250. The lowest BCUT2D eigenvalue weighted by atomic mass is 10.3. The van der Waals surface area contributed by atoms with Gasteiger partial charge < -0.3 is 5.32 Å². The lowest BCUT2D eigenvalue weighted by Gasteiger charge is -2.04. The van der Waals surface area contributed by atoms with Crippen LogP contribution in [0.4, 0.5) is 5.82 Å². The van der Waals surface area contributed by atoms with E-state index in [1.807, 2.05) is 35.4 Å². The van der Waals surface area contributed by atoms with E-state index in [0.717, 1.165) is 34.7 Å². The van der Waals surface area contributed by atoms with Crippen molar-refractivity contribution in [2.75, 3.05) is 11.9 Å². The molecule has 18 heavy (non-hydrogen) atoms. The molecule has 3 heterocycles. The second-order valence-electron chi connectivity index (χ2n) is 4.01. The van der Waals surface area contributed by atoms with Gasteiger partial charge in [-0.05, 0) is 17.5 Å². The van der Waals surface area contributed by atoms with Crippen molar-refractivity contribution >= 4 is 27.4 Å². The summed E-state index contributed by atoms with van der Waals surface area (Å²) >= 11 is 1.66. The van der Waals surface area contributed by atoms with E-state index < -0.39 is 0 Å². The van der Waals surface area contributed by atoms with E-state index in [-0.39, 0.29) is 0 Å². The normalized spacial score (nSPS) is 10.9. The van der Waals surface area contributed by atoms with Crippen LogP contribution in [0.3, 0.4) is 0 Å². The molecule has 3 aromatic heterocycles. The van der Waals surface area contributed by atoms with E-state index >= 15 is 0 Å². The van der Waals surface area contributed by atoms with Gasteiger partial charge in [0.15, 0.2) is 0 Å². The van der Waals surface area contributed by atoms with Crippen LogP contribution in [-0.2, 0) is 13.5 Å². The molecule has 0 aliphatic heterocycles. The van der Waals surface area contributed by atoms with E-state index in [2.05, 4.69) is 20.4 Å². The molecule has 0 atom stereocenters. The number of hydrogen-bond acceptors (Lipinski definition) is 5. The lowest BCUT2D eigenvalue weighted by molar-refractivity contribution is 0.742. The summed E-state index contributed by atoms with van der Waals surface area (Å²) in [6.07, 6.45) is 4.44. The number of nitrogens with one attached hydrogen (secondary N) is 1. The SMILES string of the molecule is Cn1ccc(CCNc2ncnc3ccsc23)n1. The van der Waals surface area contributed by atoms with Gasteiger partial charge in [0.25, 0.3) is 0 Å². The van der Waals surface area contributed by atoms with Crippen LogP contribution >= 0.6 is 11.3 Å². The molecular weight excluding hydrogens is 246 g/mol. The third kappa shape index (κ3) is 2.19. The van der Waals surface area contributed by atoms with Gasteiger partial charge in [-0.3, -0.25) is 4.68 Å². The maximum absolute atomic E-state index is 4.34. The van der Waals surface area contributed by atoms with Crippen molar-refractivity contribution in [2.45, 2.75) is 6.42 Å². The summed E-state index contributed by atoms with van der Waals surface area (Å²) in [7, 11) is 1.93. The molecule has 1 N–H and O–H groups in total. The third-order valence-electron chi connectivity index (χ3n) is 2.69. The predicted molar refractivity (Wildman–Crippen MR) is 72.8 cm³/mol. The number of anilines is 1. The van der Waals surface area contributed by atoms with E-state index in [9.17, 15) is 0 Å². The number of aryl methyl sites for hydroxylation is 1. The van der Waals surface area contributed by atoms with Gasteiger partial charge in [0.05, 0.1) is 15.9 Å². The Hall–Kier alpha value is -1.95. The minimum absolute atomic E-state index is 0.820. The average Bonchev–Trinajstić information content (AvgIpc) is 2.98. The Labute approximate surface area is 109 Å². The molecule has 0 saturated carbocycles. The maximum atomic E-state index is 4.34. The molecule has 5 nitrogen and oxygen atoms in total. The number of hydrogen-bond donors (Lipinski definition) is 1. The predicted octanol–water partition coefficient (Wildman–Crippen LogP) is 2.08. The summed E-state index contributed by atoms with van der Waals surface area (Å²) in [5.41, 5.74) is 2.08. The smallest absolute Gasteiger partial charge is 0.147 e. The van der Waals surface area contributed by atoms with Crippen LogP contribution < -0.4 is 5.32 Å². The molecule has 0 saturated heterocycles. The Morgan fingerprint density at radius 3 is 3.11 bits per heavy atom. The van der Waals surface area contributed by atoms with Gasteiger partial charge in [0, 0.05) is 26.2 Å². The van der Waals surface area contributed by atoms with Crippen molar-refractivity contribution in [3.05, 3.63) is 35.7 Å². The molecule has 6 heteroatoms. The summed E-state index contributed by atoms with van der Waals surface area (Å²) in [5.74, 6) is 0.908. The Morgan fingerprint density at radius 1 is 1.33 bits per heavy atom. The summed E-state index contributed by atoms with van der Waals surface area (Å²) in [4.78, 5) is 8.49. The Balaban J connectivity index is 1.68. The molecule has 0 aliphatic rings. The topological polar surface area (TPSA) is 55.6 Å². The van der Waals surface area contributed by atoms with Gasteiger partial charge in [-0.15, -0.1) is 11.3 Å². The summed E-state index contributed by atoms with van der Waals surface area (Å²) < 4.78 is 2.93. The summed E-state index contributed by atoms with van der Waals surface area (Å²) in [6, 6.07) is 4.04. The molecule has 0 aromatic carbocycles. The van der Waals surface area contributed by atoms with Gasteiger partial charge in [-0.2, -0.15) is 5.10 Å². The molecule has 0 radical (unpaired) electrons. The minimum Gasteiger partial charge on any atom is -0.368 e. The highest BCUT2D eigenvalue weighted by Crippen LogP contribution is 2.24. The number of thiophene rings is 1. The van der Waals surface area contributed by atoms with Gasteiger partial charge in [0.1, 0.15) is 12.1 Å². The first-order valence-electron chi connectivity index (χ1n) is 5.73. The van der Waals surface area contributed by atoms with Crippen molar-refractivity contribution in [1.29, 1.82) is 0 Å². The zero-order valence-electron chi connectivity index (χ0n) is 10.00. The minimum atomic E-state index is 0.820. The van der Waals surface area contributed by atoms with Gasteiger partial charge in [0.2, 0.25) is 0 Å². The highest BCUT2D eigenvalue weighted by molar-refractivity contribution is 7.17. The van der Waals surface area contributed by atoms with Crippen molar-refractivity contribution in [3.8, 4) is 0 Å². The average molecular weight is 259 g/mol. The van der Waals surface area contributed by atoms with Crippen LogP contribution in [0.25, 0.3) is 10.2 Å². The zero-order chi connectivity index (χ0) is 12.4. The molecular formula is C12H13N5S. The lowest BCUT2D eigenvalue weighted by Crippen LogP contribution is -2.07. The first kappa shape index (κ1) is 11.2. The standard InChI is InChI=1S/C12H13N5S/c1-17-6-3-9(16-17)2-5-13-12-11-10(4-7-18-11)14-8-15-12/h3-4,6-8H,2,5H2,1H3,(H,13,14,15). The molecule has 0 amide bonds. The Morgan fingerprint density at radius 2 is 2.28 bits per heavy atom. The molecule has 0 fully saturated rings.